The summed E-state index contributed by atoms with van der Waals surface area (Å²) in [4.78, 5) is 0. The monoisotopic (exact) mass is 296 g/mol. The van der Waals surface area contributed by atoms with Crippen LogP contribution in [0, 0.1) is 18.8 Å². The smallest absolute Gasteiger partial charge is 0.201 e. The summed E-state index contributed by atoms with van der Waals surface area (Å²) < 4.78 is 2.27. The second-order valence-corrected chi connectivity index (χ2v) is 7.38. The van der Waals surface area contributed by atoms with E-state index in [1.807, 2.05) is 0 Å². The number of nitrogens with zero attached hydrogens (tertiary/aromatic N) is 1. The summed E-state index contributed by atoms with van der Waals surface area (Å²) in [5, 5.41) is 0. The van der Waals surface area contributed by atoms with E-state index in [4.69, 9.17) is 0 Å². The van der Waals surface area contributed by atoms with Crippen LogP contribution < -0.4 is 4.57 Å². The van der Waals surface area contributed by atoms with Crippen molar-refractivity contribution in [1.82, 2.24) is 0 Å². The molecule has 0 saturated heterocycles. The van der Waals surface area contributed by atoms with Gasteiger partial charge in [0.15, 0.2) is 6.20 Å². The summed E-state index contributed by atoms with van der Waals surface area (Å²) in [7, 11) is 2.15. The Morgan fingerprint density at radius 1 is 0.864 bits per heavy atom. The average Bonchev–Trinajstić information content (AvgIpc) is 2.38. The minimum atomic E-state index is 0.697. The van der Waals surface area contributed by atoms with Gasteiger partial charge in [0.1, 0.15) is 7.05 Å². The maximum absolute atomic E-state index is 2.34. The van der Waals surface area contributed by atoms with Crippen LogP contribution in [-0.4, -0.2) is 0 Å². The molecule has 0 aliphatic carbocycles. The summed E-state index contributed by atoms with van der Waals surface area (Å²) in [6, 6.07) is 11.4. The first-order chi connectivity index (χ1) is 10.4. The summed E-state index contributed by atoms with van der Waals surface area (Å²) in [6.07, 6.45) is 4.57. The molecular formula is C21H30N+. The molecule has 0 bridgehead atoms. The van der Waals surface area contributed by atoms with Gasteiger partial charge in [-0.05, 0) is 54.9 Å². The lowest BCUT2D eigenvalue weighted by molar-refractivity contribution is -0.660. The Morgan fingerprint density at radius 2 is 1.45 bits per heavy atom. The van der Waals surface area contributed by atoms with Gasteiger partial charge in [-0.1, -0.05) is 39.8 Å². The van der Waals surface area contributed by atoms with Crippen LogP contribution >= 0.6 is 0 Å². The lowest BCUT2D eigenvalue weighted by Crippen LogP contribution is -2.31. The van der Waals surface area contributed by atoms with Gasteiger partial charge < -0.3 is 0 Å². The van der Waals surface area contributed by atoms with E-state index in [9.17, 15) is 0 Å². The highest BCUT2D eigenvalue weighted by Crippen LogP contribution is 2.23. The number of pyridine rings is 1. The van der Waals surface area contributed by atoms with Crippen molar-refractivity contribution in [3.63, 3.8) is 0 Å². The fourth-order valence-corrected chi connectivity index (χ4v) is 3.15. The van der Waals surface area contributed by atoms with Crippen LogP contribution in [0.1, 0.15) is 44.4 Å². The average molecular weight is 296 g/mol. The van der Waals surface area contributed by atoms with Crippen LogP contribution in [0.15, 0.2) is 36.5 Å². The Kier molecular flexibility index (Phi) is 5.39. The van der Waals surface area contributed by atoms with Crippen molar-refractivity contribution in [2.45, 2.75) is 47.5 Å². The van der Waals surface area contributed by atoms with Gasteiger partial charge in [0.05, 0.1) is 0 Å². The van der Waals surface area contributed by atoms with Gasteiger partial charge in [-0.15, -0.1) is 0 Å². The predicted molar refractivity (Wildman–Crippen MR) is 94.9 cm³/mol. The second-order valence-electron chi connectivity index (χ2n) is 7.38. The van der Waals surface area contributed by atoms with Crippen LogP contribution in [0.5, 0.6) is 0 Å². The molecule has 1 aromatic carbocycles. The van der Waals surface area contributed by atoms with Crippen molar-refractivity contribution < 1.29 is 4.57 Å². The lowest BCUT2D eigenvalue weighted by Gasteiger charge is -2.10. The van der Waals surface area contributed by atoms with Gasteiger partial charge in [-0.3, -0.25) is 0 Å². The molecule has 1 nitrogen and oxygen atoms in total. The van der Waals surface area contributed by atoms with Crippen LogP contribution in [0.4, 0.5) is 0 Å². The number of benzene rings is 1. The summed E-state index contributed by atoms with van der Waals surface area (Å²) in [5.74, 6) is 1.40. The maximum atomic E-state index is 2.34. The second kappa shape index (κ2) is 7.09. The van der Waals surface area contributed by atoms with Crippen LogP contribution in [-0.2, 0) is 19.9 Å². The Labute approximate surface area is 136 Å². The molecule has 0 aliphatic heterocycles. The van der Waals surface area contributed by atoms with Gasteiger partial charge in [-0.25, -0.2) is 4.57 Å². The van der Waals surface area contributed by atoms with Crippen LogP contribution in [0.2, 0.25) is 0 Å². The summed E-state index contributed by atoms with van der Waals surface area (Å²) >= 11 is 0. The molecular weight excluding hydrogens is 266 g/mol. The van der Waals surface area contributed by atoms with Crippen molar-refractivity contribution in [2.24, 2.45) is 18.9 Å². The van der Waals surface area contributed by atoms with E-state index in [-0.39, 0.29) is 0 Å². The minimum Gasteiger partial charge on any atom is -0.201 e. The lowest BCUT2D eigenvalue weighted by atomic mass is 9.96. The van der Waals surface area contributed by atoms with Gasteiger partial charge in [0, 0.05) is 17.2 Å². The molecule has 0 radical (unpaired) electrons. The fourth-order valence-electron chi connectivity index (χ4n) is 3.15. The fraction of sp³-hybridized carbons (Fsp3) is 0.476. The highest BCUT2D eigenvalue weighted by atomic mass is 14.9. The predicted octanol–water partition coefficient (Wildman–Crippen LogP) is 4.88. The zero-order valence-corrected chi connectivity index (χ0v) is 15.0. The van der Waals surface area contributed by atoms with Crippen LogP contribution in [0.3, 0.4) is 0 Å². The molecule has 2 rings (SSSR count). The van der Waals surface area contributed by atoms with Crippen molar-refractivity contribution in [1.29, 1.82) is 0 Å². The summed E-state index contributed by atoms with van der Waals surface area (Å²) in [6.45, 7) is 11.3. The Hall–Kier alpha value is -1.63. The Balaban J connectivity index is 2.31. The largest absolute Gasteiger partial charge is 0.212 e. The van der Waals surface area contributed by atoms with E-state index in [0.29, 0.717) is 11.8 Å². The molecule has 0 saturated carbocycles. The zero-order chi connectivity index (χ0) is 16.3. The Morgan fingerprint density at radius 3 is 2.00 bits per heavy atom. The first-order valence-electron chi connectivity index (χ1n) is 8.45. The van der Waals surface area contributed by atoms with Gasteiger partial charge >= 0.3 is 0 Å². The van der Waals surface area contributed by atoms with Crippen molar-refractivity contribution in [2.75, 3.05) is 0 Å². The molecule has 1 heteroatoms. The third kappa shape index (κ3) is 4.19. The van der Waals surface area contributed by atoms with E-state index in [1.165, 1.54) is 27.9 Å². The number of aryl methyl sites for hydroxylation is 2. The van der Waals surface area contributed by atoms with E-state index in [2.05, 4.69) is 82.8 Å². The minimum absolute atomic E-state index is 0.697. The third-order valence-electron chi connectivity index (χ3n) is 4.05. The standard InChI is InChI=1S/C21H30N/c1-15(2)11-18-7-9-20(17(5)13-18)21-10-8-19(12-16(3)4)14-22(21)6/h7-10,13-16H,11-12H2,1-6H3/q+1. The van der Waals surface area contributed by atoms with Crippen molar-refractivity contribution in [3.05, 3.63) is 53.2 Å². The first kappa shape index (κ1) is 16.7. The molecule has 1 aromatic heterocycles. The molecule has 0 atom stereocenters. The topological polar surface area (TPSA) is 3.88 Å². The molecule has 0 N–H and O–H groups in total. The first-order valence-corrected chi connectivity index (χ1v) is 8.45. The highest BCUT2D eigenvalue weighted by Gasteiger charge is 2.14. The normalized spacial score (nSPS) is 11.5. The molecule has 0 fully saturated rings. The molecule has 22 heavy (non-hydrogen) atoms. The number of hydrogen-bond donors (Lipinski definition) is 0. The zero-order valence-electron chi connectivity index (χ0n) is 15.0. The SMILES string of the molecule is Cc1cc(CC(C)C)ccc1-c1ccc(CC(C)C)c[n+]1C. The maximum Gasteiger partial charge on any atom is 0.212 e. The number of rotatable bonds is 5. The van der Waals surface area contributed by atoms with Crippen molar-refractivity contribution >= 4 is 0 Å². The van der Waals surface area contributed by atoms with E-state index in [1.54, 1.807) is 0 Å². The number of aromatic nitrogens is 1. The summed E-state index contributed by atoms with van der Waals surface area (Å²) in [5.41, 5.74) is 6.85. The van der Waals surface area contributed by atoms with Crippen LogP contribution in [0.25, 0.3) is 11.3 Å². The van der Waals surface area contributed by atoms with Gasteiger partial charge in [-0.2, -0.15) is 0 Å². The van der Waals surface area contributed by atoms with E-state index < -0.39 is 0 Å². The van der Waals surface area contributed by atoms with Crippen molar-refractivity contribution in [3.8, 4) is 11.3 Å². The van der Waals surface area contributed by atoms with E-state index in [0.717, 1.165) is 12.8 Å². The Bertz CT molecular complexity index is 581. The number of hydrogen-bond acceptors (Lipinski definition) is 0. The molecule has 1 heterocycles. The molecule has 2 aromatic rings. The van der Waals surface area contributed by atoms with E-state index >= 15 is 0 Å². The molecule has 118 valence electrons. The molecule has 0 spiro atoms. The highest BCUT2D eigenvalue weighted by molar-refractivity contribution is 5.61. The molecule has 0 amide bonds. The van der Waals surface area contributed by atoms with Gasteiger partial charge in [0.25, 0.3) is 0 Å². The van der Waals surface area contributed by atoms with Gasteiger partial charge in [0.2, 0.25) is 5.69 Å². The molecule has 0 unspecified atom stereocenters. The quantitative estimate of drug-likeness (QED) is 0.692. The third-order valence-corrected chi connectivity index (χ3v) is 4.05. The molecule has 0 aliphatic rings.